The first-order chi connectivity index (χ1) is 11.7. The standard InChI is InChI=1S/C16H19N5O2S/c1-10-3-4-13(22-10)16-18-11(9-24-16)7-14-19-15(20-23-14)12-8-17-5-6-21(12)2/h3-4,9,12,17H,5-8H2,1-2H3. The minimum atomic E-state index is 0.160. The van der Waals surface area contributed by atoms with Crippen molar-refractivity contribution in [2.24, 2.45) is 0 Å². The van der Waals surface area contributed by atoms with E-state index in [9.17, 15) is 0 Å². The average Bonchev–Trinajstić information content (AvgIpc) is 3.29. The Kier molecular flexibility index (Phi) is 4.17. The Bertz CT molecular complexity index is 824. The zero-order valence-electron chi connectivity index (χ0n) is 13.7. The Morgan fingerprint density at radius 3 is 3.08 bits per heavy atom. The molecule has 1 N–H and O–H groups in total. The fourth-order valence-corrected chi connectivity index (χ4v) is 3.55. The first-order valence-corrected chi connectivity index (χ1v) is 8.81. The number of aryl methyl sites for hydroxylation is 1. The fraction of sp³-hybridized carbons (Fsp3) is 0.438. The number of nitrogens with zero attached hydrogens (tertiary/aromatic N) is 4. The van der Waals surface area contributed by atoms with Crippen molar-refractivity contribution in [2.75, 3.05) is 26.7 Å². The van der Waals surface area contributed by atoms with Crippen LogP contribution in [0.25, 0.3) is 10.8 Å². The van der Waals surface area contributed by atoms with E-state index in [-0.39, 0.29) is 6.04 Å². The van der Waals surface area contributed by atoms with Crippen molar-refractivity contribution in [2.45, 2.75) is 19.4 Å². The first kappa shape index (κ1) is 15.5. The van der Waals surface area contributed by atoms with Crippen LogP contribution in [-0.2, 0) is 6.42 Å². The highest BCUT2D eigenvalue weighted by Crippen LogP contribution is 2.26. The van der Waals surface area contributed by atoms with Crippen molar-refractivity contribution < 1.29 is 8.94 Å². The van der Waals surface area contributed by atoms with Gasteiger partial charge in [0.25, 0.3) is 0 Å². The number of hydrogen-bond donors (Lipinski definition) is 1. The van der Waals surface area contributed by atoms with E-state index in [1.54, 1.807) is 11.3 Å². The van der Waals surface area contributed by atoms with Crippen LogP contribution >= 0.6 is 11.3 Å². The molecule has 24 heavy (non-hydrogen) atoms. The molecule has 1 unspecified atom stereocenters. The maximum Gasteiger partial charge on any atom is 0.232 e. The molecule has 4 rings (SSSR count). The Hall–Kier alpha value is -2.03. The van der Waals surface area contributed by atoms with E-state index in [2.05, 4.69) is 32.4 Å². The van der Waals surface area contributed by atoms with Gasteiger partial charge in [-0.25, -0.2) is 4.98 Å². The molecule has 4 heterocycles. The molecule has 0 amide bonds. The smallest absolute Gasteiger partial charge is 0.232 e. The summed E-state index contributed by atoms with van der Waals surface area (Å²) in [6.07, 6.45) is 0.535. The van der Waals surface area contributed by atoms with Crippen LogP contribution in [0.15, 0.2) is 26.5 Å². The van der Waals surface area contributed by atoms with Crippen LogP contribution in [0, 0.1) is 6.92 Å². The maximum absolute atomic E-state index is 5.61. The lowest BCUT2D eigenvalue weighted by molar-refractivity contribution is 0.190. The lowest BCUT2D eigenvalue weighted by Crippen LogP contribution is -2.44. The summed E-state index contributed by atoms with van der Waals surface area (Å²) >= 11 is 1.56. The third-order valence-electron chi connectivity index (χ3n) is 4.13. The van der Waals surface area contributed by atoms with Crippen LogP contribution in [-0.4, -0.2) is 46.7 Å². The SMILES string of the molecule is Cc1ccc(-c2nc(Cc3nc(C4CNCCN4C)no3)cs2)o1. The number of likely N-dealkylation sites (N-methyl/N-ethyl adjacent to an activating group) is 1. The molecule has 3 aromatic rings. The van der Waals surface area contributed by atoms with Gasteiger partial charge >= 0.3 is 0 Å². The normalized spacial score (nSPS) is 19.0. The Labute approximate surface area is 143 Å². The zero-order valence-corrected chi connectivity index (χ0v) is 14.5. The van der Waals surface area contributed by atoms with Gasteiger partial charge in [-0.05, 0) is 26.1 Å². The molecule has 0 saturated carbocycles. The third-order valence-corrected chi connectivity index (χ3v) is 5.03. The van der Waals surface area contributed by atoms with Crippen molar-refractivity contribution in [3.63, 3.8) is 0 Å². The molecule has 7 nitrogen and oxygen atoms in total. The summed E-state index contributed by atoms with van der Waals surface area (Å²) in [5.74, 6) is 3.01. The molecule has 1 fully saturated rings. The van der Waals surface area contributed by atoms with Gasteiger partial charge in [0.15, 0.2) is 16.6 Å². The van der Waals surface area contributed by atoms with E-state index in [0.717, 1.165) is 47.7 Å². The van der Waals surface area contributed by atoms with E-state index < -0.39 is 0 Å². The van der Waals surface area contributed by atoms with Crippen LogP contribution < -0.4 is 5.32 Å². The van der Waals surface area contributed by atoms with Crippen LogP contribution in [0.3, 0.4) is 0 Å². The number of piperazine rings is 1. The van der Waals surface area contributed by atoms with Crippen molar-refractivity contribution in [1.29, 1.82) is 0 Å². The van der Waals surface area contributed by atoms with Gasteiger partial charge in [-0.15, -0.1) is 11.3 Å². The van der Waals surface area contributed by atoms with Crippen molar-refractivity contribution in [3.05, 3.63) is 40.7 Å². The molecule has 1 aliphatic heterocycles. The van der Waals surface area contributed by atoms with Gasteiger partial charge in [0.2, 0.25) is 5.89 Å². The first-order valence-electron chi connectivity index (χ1n) is 7.93. The van der Waals surface area contributed by atoms with E-state index in [0.29, 0.717) is 12.3 Å². The van der Waals surface area contributed by atoms with E-state index in [1.807, 2.05) is 24.4 Å². The van der Waals surface area contributed by atoms with Gasteiger partial charge in [-0.1, -0.05) is 5.16 Å². The van der Waals surface area contributed by atoms with Gasteiger partial charge < -0.3 is 14.3 Å². The molecule has 1 atom stereocenters. The molecule has 0 radical (unpaired) electrons. The zero-order chi connectivity index (χ0) is 16.5. The van der Waals surface area contributed by atoms with Gasteiger partial charge in [0, 0.05) is 25.0 Å². The molecule has 0 aliphatic carbocycles. The predicted octanol–water partition coefficient (Wildman–Crippen LogP) is 2.26. The Morgan fingerprint density at radius 2 is 2.29 bits per heavy atom. The van der Waals surface area contributed by atoms with Crippen molar-refractivity contribution in [3.8, 4) is 10.8 Å². The lowest BCUT2D eigenvalue weighted by Gasteiger charge is -2.30. The summed E-state index contributed by atoms with van der Waals surface area (Å²) in [4.78, 5) is 11.4. The number of rotatable bonds is 4. The summed E-state index contributed by atoms with van der Waals surface area (Å²) < 4.78 is 11.0. The third kappa shape index (κ3) is 3.12. The fourth-order valence-electron chi connectivity index (χ4n) is 2.78. The van der Waals surface area contributed by atoms with Crippen LogP contribution in [0.4, 0.5) is 0 Å². The summed E-state index contributed by atoms with van der Waals surface area (Å²) in [6.45, 7) is 4.74. The molecule has 0 bridgehead atoms. The molecule has 1 aliphatic rings. The number of nitrogens with one attached hydrogen (secondary N) is 1. The minimum Gasteiger partial charge on any atom is -0.459 e. The second-order valence-corrected chi connectivity index (χ2v) is 6.84. The number of thiazole rings is 1. The summed E-state index contributed by atoms with van der Waals surface area (Å²) in [5, 5.41) is 10.4. The molecule has 3 aromatic heterocycles. The van der Waals surface area contributed by atoms with Crippen molar-refractivity contribution in [1.82, 2.24) is 25.3 Å². The van der Waals surface area contributed by atoms with E-state index in [4.69, 9.17) is 8.94 Å². The second kappa shape index (κ2) is 6.46. The highest BCUT2D eigenvalue weighted by Gasteiger charge is 2.25. The summed E-state index contributed by atoms with van der Waals surface area (Å²) in [5.41, 5.74) is 0.911. The molecule has 1 saturated heterocycles. The Morgan fingerprint density at radius 1 is 1.38 bits per heavy atom. The monoisotopic (exact) mass is 345 g/mol. The minimum absolute atomic E-state index is 0.160. The van der Waals surface area contributed by atoms with Crippen LogP contribution in [0.5, 0.6) is 0 Å². The maximum atomic E-state index is 5.61. The topological polar surface area (TPSA) is 80.2 Å². The van der Waals surface area contributed by atoms with E-state index >= 15 is 0 Å². The molecule has 8 heteroatoms. The second-order valence-electron chi connectivity index (χ2n) is 5.98. The lowest BCUT2D eigenvalue weighted by atomic mass is 10.2. The molecule has 0 aromatic carbocycles. The molecule has 0 spiro atoms. The van der Waals surface area contributed by atoms with Crippen molar-refractivity contribution >= 4 is 11.3 Å². The summed E-state index contributed by atoms with van der Waals surface area (Å²) in [6, 6.07) is 4.04. The predicted molar refractivity (Wildman–Crippen MR) is 89.9 cm³/mol. The van der Waals surface area contributed by atoms with Gasteiger partial charge in [-0.3, -0.25) is 4.90 Å². The average molecular weight is 345 g/mol. The highest BCUT2D eigenvalue weighted by molar-refractivity contribution is 7.13. The molecular weight excluding hydrogens is 326 g/mol. The quantitative estimate of drug-likeness (QED) is 0.777. The number of furan rings is 1. The molecular formula is C16H19N5O2S. The largest absolute Gasteiger partial charge is 0.459 e. The van der Waals surface area contributed by atoms with Gasteiger partial charge in [0.1, 0.15) is 5.76 Å². The van der Waals surface area contributed by atoms with Crippen LogP contribution in [0.2, 0.25) is 0 Å². The number of aromatic nitrogens is 3. The van der Waals surface area contributed by atoms with Crippen LogP contribution in [0.1, 0.15) is 29.2 Å². The highest BCUT2D eigenvalue weighted by atomic mass is 32.1. The Balaban J connectivity index is 1.47. The summed E-state index contributed by atoms with van der Waals surface area (Å²) in [7, 11) is 2.08. The number of hydrogen-bond acceptors (Lipinski definition) is 8. The molecule has 126 valence electrons. The van der Waals surface area contributed by atoms with Gasteiger partial charge in [0.05, 0.1) is 18.2 Å². The van der Waals surface area contributed by atoms with Gasteiger partial charge in [-0.2, -0.15) is 4.98 Å². The van der Waals surface area contributed by atoms with E-state index in [1.165, 1.54) is 0 Å².